The summed E-state index contributed by atoms with van der Waals surface area (Å²) in [5, 5.41) is 22.9. The molecule has 2 atom stereocenters. The quantitative estimate of drug-likeness (QED) is 0.0423. The maximum atomic E-state index is 12.4. The molecule has 0 rings (SSSR count). The van der Waals surface area contributed by atoms with Crippen molar-refractivity contribution in [1.82, 2.24) is 5.32 Å². The molecule has 2 unspecified atom stereocenters. The summed E-state index contributed by atoms with van der Waals surface area (Å²) in [6.45, 7) is 4.28. The summed E-state index contributed by atoms with van der Waals surface area (Å²) in [7, 11) is 0. The molecule has 0 aromatic heterocycles. The number of carbonyl (C=O) groups is 1. The van der Waals surface area contributed by atoms with Gasteiger partial charge in [0, 0.05) is 6.42 Å². The Balaban J connectivity index is 3.44. The molecule has 0 bridgehead atoms. The molecule has 1 amide bonds. The van der Waals surface area contributed by atoms with E-state index >= 15 is 0 Å². The largest absolute Gasteiger partial charge is 0.394 e. The number of aliphatic hydroxyl groups excluding tert-OH is 2. The van der Waals surface area contributed by atoms with Crippen LogP contribution < -0.4 is 5.32 Å². The molecule has 0 saturated heterocycles. The topological polar surface area (TPSA) is 69.6 Å². The summed E-state index contributed by atoms with van der Waals surface area (Å²) >= 11 is 0. The highest BCUT2D eigenvalue weighted by atomic mass is 16.3. The Kier molecular flexibility index (Phi) is 48.3. The zero-order chi connectivity index (χ0) is 42.1. The molecule has 4 nitrogen and oxygen atoms in total. The molecule has 0 aliphatic carbocycles. The highest BCUT2D eigenvalue weighted by Crippen LogP contribution is 2.16. The standard InChI is InChI=1S/C54H101NO3/c1-3-5-7-9-11-13-15-16-17-18-19-20-21-22-23-24-25-26-27-28-29-30-31-32-33-34-35-36-37-38-40-42-44-46-48-50-54(58)55-52(51-56)53(57)49-47-45-43-41-39-14-12-10-8-6-4-2/h21-22,24-25,39,41,47,49,52-53,56-57H,3-20,23,26-38,40,42-46,48,50-51H2,1-2H3,(H,55,58)/b22-21-,25-24-,41-39+,49-47+. The number of allylic oxidation sites excluding steroid dienone is 7. The Morgan fingerprint density at radius 2 is 0.724 bits per heavy atom. The molecule has 0 saturated carbocycles. The van der Waals surface area contributed by atoms with Gasteiger partial charge in [0.1, 0.15) is 0 Å². The van der Waals surface area contributed by atoms with Gasteiger partial charge in [0.15, 0.2) is 0 Å². The lowest BCUT2D eigenvalue weighted by Crippen LogP contribution is -2.45. The molecule has 0 aromatic carbocycles. The molecule has 340 valence electrons. The number of unbranched alkanes of at least 4 members (excludes halogenated alkanes) is 34. The van der Waals surface area contributed by atoms with Crippen molar-refractivity contribution in [3.8, 4) is 0 Å². The van der Waals surface area contributed by atoms with Crippen molar-refractivity contribution in [2.75, 3.05) is 6.61 Å². The van der Waals surface area contributed by atoms with Gasteiger partial charge in [0.25, 0.3) is 0 Å². The Morgan fingerprint density at radius 3 is 1.10 bits per heavy atom. The van der Waals surface area contributed by atoms with Crippen molar-refractivity contribution in [2.45, 2.75) is 283 Å². The first kappa shape index (κ1) is 56.4. The molecule has 0 fully saturated rings. The maximum absolute atomic E-state index is 12.4. The van der Waals surface area contributed by atoms with Crippen LogP contribution in [-0.4, -0.2) is 34.9 Å². The lowest BCUT2D eigenvalue weighted by atomic mass is 10.0. The van der Waals surface area contributed by atoms with E-state index in [9.17, 15) is 15.0 Å². The Morgan fingerprint density at radius 1 is 0.414 bits per heavy atom. The second-order valence-electron chi connectivity index (χ2n) is 17.6. The molecule has 58 heavy (non-hydrogen) atoms. The zero-order valence-electron chi connectivity index (χ0n) is 39.1. The van der Waals surface area contributed by atoms with Crippen LogP contribution in [0, 0.1) is 0 Å². The van der Waals surface area contributed by atoms with Gasteiger partial charge in [0.2, 0.25) is 5.91 Å². The average molecular weight is 812 g/mol. The van der Waals surface area contributed by atoms with Crippen molar-refractivity contribution in [3.63, 3.8) is 0 Å². The Hall–Kier alpha value is -1.65. The third-order valence-electron chi connectivity index (χ3n) is 11.8. The predicted molar refractivity (Wildman–Crippen MR) is 258 cm³/mol. The molecular weight excluding hydrogens is 711 g/mol. The Bertz CT molecular complexity index is 923. The van der Waals surface area contributed by atoms with Crippen LogP contribution in [0.2, 0.25) is 0 Å². The number of nitrogens with one attached hydrogen (secondary N) is 1. The molecule has 4 heteroatoms. The van der Waals surface area contributed by atoms with E-state index in [1.54, 1.807) is 6.08 Å². The van der Waals surface area contributed by atoms with Crippen LogP contribution in [-0.2, 0) is 4.79 Å². The predicted octanol–water partition coefficient (Wildman–Crippen LogP) is 16.7. The summed E-state index contributed by atoms with van der Waals surface area (Å²) in [5.41, 5.74) is 0. The van der Waals surface area contributed by atoms with Crippen LogP contribution >= 0.6 is 0 Å². The first-order valence-corrected chi connectivity index (χ1v) is 25.9. The van der Waals surface area contributed by atoms with Crippen molar-refractivity contribution in [3.05, 3.63) is 48.6 Å². The normalized spacial score (nSPS) is 13.2. The van der Waals surface area contributed by atoms with Crippen molar-refractivity contribution in [1.29, 1.82) is 0 Å². The second kappa shape index (κ2) is 49.7. The van der Waals surface area contributed by atoms with Gasteiger partial charge >= 0.3 is 0 Å². The maximum Gasteiger partial charge on any atom is 0.220 e. The van der Waals surface area contributed by atoms with Gasteiger partial charge in [-0.05, 0) is 64.2 Å². The van der Waals surface area contributed by atoms with Gasteiger partial charge < -0.3 is 15.5 Å². The lowest BCUT2D eigenvalue weighted by molar-refractivity contribution is -0.123. The molecule has 0 spiro atoms. The lowest BCUT2D eigenvalue weighted by Gasteiger charge is -2.19. The van der Waals surface area contributed by atoms with E-state index in [2.05, 4.69) is 55.6 Å². The molecule has 0 aromatic rings. The van der Waals surface area contributed by atoms with Crippen molar-refractivity contribution < 1.29 is 15.0 Å². The minimum atomic E-state index is -0.860. The molecule has 0 aliphatic rings. The first-order chi connectivity index (χ1) is 28.7. The van der Waals surface area contributed by atoms with E-state index in [0.29, 0.717) is 6.42 Å². The van der Waals surface area contributed by atoms with Crippen LogP contribution in [0.4, 0.5) is 0 Å². The fourth-order valence-electron chi connectivity index (χ4n) is 7.81. The number of aliphatic hydroxyl groups is 2. The van der Waals surface area contributed by atoms with Crippen LogP contribution in [0.25, 0.3) is 0 Å². The van der Waals surface area contributed by atoms with Gasteiger partial charge in [-0.1, -0.05) is 249 Å². The van der Waals surface area contributed by atoms with Crippen LogP contribution in [0.15, 0.2) is 48.6 Å². The van der Waals surface area contributed by atoms with Gasteiger partial charge in [-0.3, -0.25) is 4.79 Å². The molecule has 0 heterocycles. The number of hydrogen-bond acceptors (Lipinski definition) is 3. The van der Waals surface area contributed by atoms with Crippen LogP contribution in [0.5, 0.6) is 0 Å². The van der Waals surface area contributed by atoms with Gasteiger partial charge in [0.05, 0.1) is 18.8 Å². The van der Waals surface area contributed by atoms with Crippen molar-refractivity contribution in [2.24, 2.45) is 0 Å². The highest BCUT2D eigenvalue weighted by Gasteiger charge is 2.17. The van der Waals surface area contributed by atoms with E-state index in [0.717, 1.165) is 38.5 Å². The summed E-state index contributed by atoms with van der Waals surface area (Å²) in [4.78, 5) is 12.4. The van der Waals surface area contributed by atoms with Gasteiger partial charge in [-0.15, -0.1) is 0 Å². The summed E-state index contributed by atoms with van der Waals surface area (Å²) in [5.74, 6) is -0.0738. The monoisotopic (exact) mass is 812 g/mol. The smallest absolute Gasteiger partial charge is 0.220 e. The van der Waals surface area contributed by atoms with Crippen LogP contribution in [0.3, 0.4) is 0 Å². The third kappa shape index (κ3) is 45.4. The molecule has 0 radical (unpaired) electrons. The molecular formula is C54H101NO3. The number of amides is 1. The first-order valence-electron chi connectivity index (χ1n) is 25.9. The van der Waals surface area contributed by atoms with Gasteiger partial charge in [-0.2, -0.15) is 0 Å². The minimum absolute atomic E-state index is 0.0738. The fraction of sp³-hybridized carbons (Fsp3) is 0.833. The molecule has 0 aliphatic heterocycles. The Labute approximate surface area is 363 Å². The summed E-state index contributed by atoms with van der Waals surface area (Å²) in [6.07, 6.45) is 68.4. The van der Waals surface area contributed by atoms with E-state index in [1.165, 1.54) is 212 Å². The third-order valence-corrected chi connectivity index (χ3v) is 11.8. The summed E-state index contributed by atoms with van der Waals surface area (Å²) in [6, 6.07) is -0.637. The van der Waals surface area contributed by atoms with Crippen molar-refractivity contribution >= 4 is 5.91 Å². The van der Waals surface area contributed by atoms with E-state index in [4.69, 9.17) is 0 Å². The van der Waals surface area contributed by atoms with E-state index in [1.807, 2.05) is 6.08 Å². The second-order valence-corrected chi connectivity index (χ2v) is 17.6. The van der Waals surface area contributed by atoms with Gasteiger partial charge in [-0.25, -0.2) is 0 Å². The number of rotatable bonds is 47. The summed E-state index contributed by atoms with van der Waals surface area (Å²) < 4.78 is 0. The number of carbonyl (C=O) groups excluding carboxylic acids is 1. The van der Waals surface area contributed by atoms with Crippen LogP contribution in [0.1, 0.15) is 271 Å². The minimum Gasteiger partial charge on any atom is -0.394 e. The number of hydrogen-bond donors (Lipinski definition) is 3. The zero-order valence-corrected chi connectivity index (χ0v) is 39.1. The fourth-order valence-corrected chi connectivity index (χ4v) is 7.81. The van der Waals surface area contributed by atoms with E-state index < -0.39 is 12.1 Å². The highest BCUT2D eigenvalue weighted by molar-refractivity contribution is 5.76. The average Bonchev–Trinajstić information content (AvgIpc) is 3.23. The van der Waals surface area contributed by atoms with E-state index in [-0.39, 0.29) is 12.5 Å². The molecule has 3 N–H and O–H groups in total. The SMILES string of the molecule is CCCCCCC/C=C/CC/C=C/C(O)C(CO)NC(=O)CCCCCCCCCCCCCCCCCCC/C=C\C/C=C\CCCCCCCCCCCCC.